The predicted octanol–water partition coefficient (Wildman–Crippen LogP) is 4.61. The normalized spacial score (nSPS) is 15.9. The van der Waals surface area contributed by atoms with Gasteiger partial charge in [-0.15, -0.1) is 0 Å². The third kappa shape index (κ3) is 7.28. The first-order valence-corrected chi connectivity index (χ1v) is 11.3. The Morgan fingerprint density at radius 2 is 1.81 bits per heavy atom. The summed E-state index contributed by atoms with van der Waals surface area (Å²) >= 11 is 1.44. The van der Waals surface area contributed by atoms with Crippen molar-refractivity contribution in [3.63, 3.8) is 0 Å². The third-order valence-corrected chi connectivity index (χ3v) is 5.91. The second-order valence-corrected chi connectivity index (χ2v) is 9.25. The fourth-order valence-corrected chi connectivity index (χ4v) is 3.82. The van der Waals surface area contributed by atoms with E-state index in [1.807, 2.05) is 0 Å². The molecule has 27 heavy (non-hydrogen) atoms. The highest BCUT2D eigenvalue weighted by atomic mass is 32.2. The van der Waals surface area contributed by atoms with Gasteiger partial charge in [0.25, 0.3) is 5.22 Å². The molecular weight excluding hydrogens is 362 g/mol. The molecule has 1 saturated carbocycles. The molecular formula is C20H34N3O3S+. The van der Waals surface area contributed by atoms with Crippen molar-refractivity contribution >= 4 is 23.6 Å². The topological polar surface area (TPSA) is 76.1 Å². The van der Waals surface area contributed by atoms with Gasteiger partial charge in [-0.2, -0.15) is 4.79 Å². The minimum absolute atomic E-state index is 0.0491. The lowest BCUT2D eigenvalue weighted by atomic mass is 10.1. The number of hydrogen-bond acceptors (Lipinski definition) is 5. The van der Waals surface area contributed by atoms with Crippen molar-refractivity contribution in [2.75, 3.05) is 5.75 Å². The second-order valence-electron chi connectivity index (χ2n) is 8.28. The smallest absolute Gasteiger partial charge is 0.390 e. The molecule has 1 aromatic heterocycles. The van der Waals surface area contributed by atoms with Crippen LogP contribution >= 0.6 is 11.8 Å². The molecule has 1 aliphatic carbocycles. The van der Waals surface area contributed by atoms with Gasteiger partial charge in [-0.1, -0.05) is 52.3 Å². The van der Waals surface area contributed by atoms with Crippen molar-refractivity contribution in [2.45, 2.75) is 90.3 Å². The van der Waals surface area contributed by atoms with Crippen LogP contribution in [0.1, 0.15) is 89.7 Å². The first kappa shape index (κ1) is 21.9. The fraction of sp³-hybridized carbons (Fsp3) is 0.800. The Kier molecular flexibility index (Phi) is 8.80. The Labute approximate surface area is 166 Å². The molecule has 152 valence electrons. The maximum atomic E-state index is 12.8. The third-order valence-electron chi connectivity index (χ3n) is 4.66. The van der Waals surface area contributed by atoms with Crippen LogP contribution in [0.25, 0.3) is 0 Å². The van der Waals surface area contributed by atoms with E-state index in [9.17, 15) is 9.59 Å². The van der Waals surface area contributed by atoms with Crippen LogP contribution in [-0.2, 0) is 0 Å². The summed E-state index contributed by atoms with van der Waals surface area (Å²) in [6.45, 7) is 8.36. The quantitative estimate of drug-likeness (QED) is 0.300. The Balaban J connectivity index is 2.14. The lowest BCUT2D eigenvalue weighted by Crippen LogP contribution is -2.57. The van der Waals surface area contributed by atoms with E-state index in [1.165, 1.54) is 24.6 Å². The van der Waals surface area contributed by atoms with Crippen LogP contribution in [0.15, 0.2) is 9.64 Å². The summed E-state index contributed by atoms with van der Waals surface area (Å²) < 4.78 is 6.85. The molecule has 1 heterocycles. The van der Waals surface area contributed by atoms with Crippen molar-refractivity contribution in [3.05, 3.63) is 5.89 Å². The Hall–Kier alpha value is -1.37. The summed E-state index contributed by atoms with van der Waals surface area (Å²) in [6, 6.07) is -0.204. The van der Waals surface area contributed by atoms with Crippen LogP contribution in [0, 0.1) is 11.8 Å². The van der Waals surface area contributed by atoms with E-state index in [1.54, 1.807) is 0 Å². The number of nitrogens with zero attached hydrogens (tertiary/aromatic N) is 2. The SMILES string of the molecule is CC(C)CCC(=O)c1oc(SCC(C)C)n[n+]1C(=O)NC1CCCCCC1. The van der Waals surface area contributed by atoms with Gasteiger partial charge in [0.2, 0.25) is 5.78 Å². The molecule has 2 rings (SSSR count). The summed E-state index contributed by atoms with van der Waals surface area (Å²) in [4.78, 5) is 25.4. The van der Waals surface area contributed by atoms with Crippen LogP contribution < -0.4 is 10.00 Å². The zero-order chi connectivity index (χ0) is 19.8. The van der Waals surface area contributed by atoms with Gasteiger partial charge < -0.3 is 4.42 Å². The number of rotatable bonds is 8. The van der Waals surface area contributed by atoms with E-state index in [2.05, 4.69) is 38.1 Å². The molecule has 1 N–H and O–H groups in total. The molecule has 0 atom stereocenters. The molecule has 1 fully saturated rings. The molecule has 1 aliphatic rings. The minimum atomic E-state index is -0.352. The highest BCUT2D eigenvalue weighted by Crippen LogP contribution is 2.20. The summed E-state index contributed by atoms with van der Waals surface area (Å²) in [5.41, 5.74) is 0. The standard InChI is InChI=1S/C20H33N3O3S/c1-14(2)11-12-17(24)18-23(22-20(26-18)27-13-15(3)4)19(25)21-16-9-7-5-6-8-10-16/h14-16H,5-13H2,1-4H3/p+1. The number of ketones is 1. The van der Waals surface area contributed by atoms with E-state index in [0.29, 0.717) is 23.5 Å². The van der Waals surface area contributed by atoms with Crippen LogP contribution in [0.5, 0.6) is 0 Å². The lowest BCUT2D eigenvalue weighted by Gasteiger charge is -2.09. The van der Waals surface area contributed by atoms with E-state index < -0.39 is 0 Å². The molecule has 0 saturated heterocycles. The zero-order valence-electron chi connectivity index (χ0n) is 17.1. The Bertz CT molecular complexity index is 620. The summed E-state index contributed by atoms with van der Waals surface area (Å²) in [5, 5.41) is 7.73. The Morgan fingerprint density at radius 3 is 2.41 bits per heavy atom. The predicted molar refractivity (Wildman–Crippen MR) is 106 cm³/mol. The fourth-order valence-electron chi connectivity index (χ4n) is 3.07. The van der Waals surface area contributed by atoms with Crippen LogP contribution in [-0.4, -0.2) is 28.7 Å². The molecule has 0 radical (unpaired) electrons. The van der Waals surface area contributed by atoms with E-state index >= 15 is 0 Å². The number of carbonyl (C=O) groups excluding carboxylic acids is 2. The average Bonchev–Trinajstić information content (AvgIpc) is 2.88. The average molecular weight is 397 g/mol. The Morgan fingerprint density at radius 1 is 1.15 bits per heavy atom. The van der Waals surface area contributed by atoms with E-state index in [0.717, 1.165) is 42.5 Å². The molecule has 0 unspecified atom stereocenters. The molecule has 7 heteroatoms. The van der Waals surface area contributed by atoms with Crippen molar-refractivity contribution in [1.29, 1.82) is 0 Å². The van der Waals surface area contributed by atoms with Crippen LogP contribution in [0.4, 0.5) is 4.79 Å². The molecule has 0 aliphatic heterocycles. The summed E-state index contributed by atoms with van der Waals surface area (Å²) in [6.07, 6.45) is 7.78. The minimum Gasteiger partial charge on any atom is -0.390 e. The number of hydrogen-bond donors (Lipinski definition) is 1. The van der Waals surface area contributed by atoms with Crippen molar-refractivity contribution in [3.8, 4) is 0 Å². The van der Waals surface area contributed by atoms with Gasteiger partial charge in [0.1, 0.15) is 0 Å². The van der Waals surface area contributed by atoms with E-state index in [-0.39, 0.29) is 23.7 Å². The van der Waals surface area contributed by atoms with Crippen molar-refractivity contribution in [1.82, 2.24) is 10.4 Å². The highest BCUT2D eigenvalue weighted by Gasteiger charge is 2.33. The van der Waals surface area contributed by atoms with Gasteiger partial charge in [-0.3, -0.25) is 4.79 Å². The monoisotopic (exact) mass is 396 g/mol. The second kappa shape index (κ2) is 10.8. The first-order chi connectivity index (χ1) is 12.9. The van der Waals surface area contributed by atoms with Gasteiger partial charge in [0.05, 0.1) is 6.04 Å². The lowest BCUT2D eigenvalue weighted by molar-refractivity contribution is -0.640. The van der Waals surface area contributed by atoms with Crippen LogP contribution in [0.3, 0.4) is 0 Å². The number of aromatic nitrogens is 2. The number of amides is 1. The first-order valence-electron chi connectivity index (χ1n) is 10.3. The van der Waals surface area contributed by atoms with Crippen LogP contribution in [0.2, 0.25) is 0 Å². The highest BCUT2D eigenvalue weighted by molar-refractivity contribution is 7.99. The zero-order valence-corrected chi connectivity index (χ0v) is 17.9. The number of thioether (sulfide) groups is 1. The van der Waals surface area contributed by atoms with Gasteiger partial charge in [-0.25, -0.2) is 5.32 Å². The number of nitrogens with one attached hydrogen (secondary N) is 1. The molecule has 6 nitrogen and oxygen atoms in total. The number of Topliss-reactive ketones (excluding diaryl/α,β-unsaturated/α-hetero) is 1. The largest absolute Gasteiger partial charge is 0.520 e. The number of carbonyl (C=O) groups is 2. The van der Waals surface area contributed by atoms with Crippen molar-refractivity contribution in [2.24, 2.45) is 11.8 Å². The molecule has 0 aromatic carbocycles. The molecule has 1 amide bonds. The maximum Gasteiger partial charge on any atom is 0.520 e. The van der Waals surface area contributed by atoms with Gasteiger partial charge in [-0.05, 0) is 53.7 Å². The molecule has 0 spiro atoms. The van der Waals surface area contributed by atoms with E-state index in [4.69, 9.17) is 4.42 Å². The summed E-state index contributed by atoms with van der Waals surface area (Å²) in [5.74, 6) is 1.59. The van der Waals surface area contributed by atoms with Gasteiger partial charge in [0.15, 0.2) is 0 Å². The molecule has 1 aromatic rings. The summed E-state index contributed by atoms with van der Waals surface area (Å²) in [7, 11) is 0. The van der Waals surface area contributed by atoms with Gasteiger partial charge >= 0.3 is 11.9 Å². The van der Waals surface area contributed by atoms with Gasteiger partial charge in [0, 0.05) is 12.2 Å². The molecule has 0 bridgehead atoms. The van der Waals surface area contributed by atoms with Crippen molar-refractivity contribution < 1.29 is 18.7 Å². The maximum absolute atomic E-state index is 12.8.